The van der Waals surface area contributed by atoms with Crippen molar-refractivity contribution < 1.29 is 14.3 Å². The summed E-state index contributed by atoms with van der Waals surface area (Å²) >= 11 is 0. The Bertz CT molecular complexity index is 775. The Balaban J connectivity index is 1.55. The molecule has 2 atom stereocenters. The average Bonchev–Trinajstić information content (AvgIpc) is 2.97. The first-order valence-corrected chi connectivity index (χ1v) is 10.5. The maximum absolute atomic E-state index is 12.4. The Morgan fingerprint density at radius 1 is 1.29 bits per heavy atom. The van der Waals surface area contributed by atoms with Gasteiger partial charge in [0.1, 0.15) is 18.1 Å². The van der Waals surface area contributed by atoms with E-state index in [-0.39, 0.29) is 11.4 Å². The van der Waals surface area contributed by atoms with Crippen molar-refractivity contribution in [3.63, 3.8) is 0 Å². The highest BCUT2D eigenvalue weighted by molar-refractivity contribution is 5.74. The summed E-state index contributed by atoms with van der Waals surface area (Å²) in [5, 5.41) is 0. The van der Waals surface area contributed by atoms with Crippen molar-refractivity contribution in [1.29, 1.82) is 0 Å². The van der Waals surface area contributed by atoms with Gasteiger partial charge in [-0.05, 0) is 56.0 Å². The molecule has 0 radical (unpaired) electrons. The van der Waals surface area contributed by atoms with Gasteiger partial charge >= 0.3 is 0 Å². The van der Waals surface area contributed by atoms with E-state index in [0.29, 0.717) is 12.6 Å². The number of ether oxygens (including phenoxy) is 2. The Kier molecular flexibility index (Phi) is 5.37. The fourth-order valence-corrected chi connectivity index (χ4v) is 5.32. The van der Waals surface area contributed by atoms with Crippen LogP contribution in [-0.2, 0) is 4.79 Å². The molecule has 0 saturated carbocycles. The number of carbonyl (C=O) groups excluding carboxylic acids is 1. The molecule has 0 aliphatic carbocycles. The number of methoxy groups -OCH3 is 1. The van der Waals surface area contributed by atoms with Crippen LogP contribution in [0.3, 0.4) is 0 Å². The van der Waals surface area contributed by atoms with Gasteiger partial charge in [-0.3, -0.25) is 9.69 Å². The predicted octanol–water partition coefficient (Wildman–Crippen LogP) is 3.73. The van der Waals surface area contributed by atoms with E-state index in [2.05, 4.69) is 22.8 Å². The van der Waals surface area contributed by atoms with Gasteiger partial charge in [0, 0.05) is 38.2 Å². The lowest BCUT2D eigenvalue weighted by Gasteiger charge is -2.45. The van der Waals surface area contributed by atoms with Crippen molar-refractivity contribution in [3.05, 3.63) is 29.3 Å². The lowest BCUT2D eigenvalue weighted by Crippen LogP contribution is -2.57. The first-order chi connectivity index (χ1) is 13.5. The van der Waals surface area contributed by atoms with Crippen LogP contribution in [0.4, 0.5) is 0 Å². The topological polar surface area (TPSA) is 42.0 Å². The maximum atomic E-state index is 12.4. The largest absolute Gasteiger partial charge is 0.497 e. The normalized spacial score (nSPS) is 27.8. The second-order valence-corrected chi connectivity index (χ2v) is 8.61. The second kappa shape index (κ2) is 7.78. The van der Waals surface area contributed by atoms with Gasteiger partial charge in [-0.25, -0.2) is 0 Å². The van der Waals surface area contributed by atoms with E-state index in [1.807, 2.05) is 18.2 Å². The highest BCUT2D eigenvalue weighted by atomic mass is 16.5. The van der Waals surface area contributed by atoms with Crippen LogP contribution in [0.5, 0.6) is 11.5 Å². The first kappa shape index (κ1) is 19.3. The quantitative estimate of drug-likeness (QED) is 0.796. The number of nitrogens with zero attached hydrogens (tertiary/aromatic N) is 2. The van der Waals surface area contributed by atoms with Crippen LogP contribution in [0.2, 0.25) is 0 Å². The molecule has 0 bridgehead atoms. The van der Waals surface area contributed by atoms with Gasteiger partial charge in [0.05, 0.1) is 12.6 Å². The maximum Gasteiger partial charge on any atom is 0.219 e. The van der Waals surface area contributed by atoms with Crippen LogP contribution in [0.25, 0.3) is 6.08 Å². The number of carbonyl (C=O) groups is 1. The lowest BCUT2D eigenvalue weighted by atomic mass is 9.84. The monoisotopic (exact) mass is 384 g/mol. The molecule has 4 rings (SSSR count). The zero-order valence-corrected chi connectivity index (χ0v) is 17.4. The van der Waals surface area contributed by atoms with Crippen LogP contribution < -0.4 is 9.47 Å². The molecule has 5 heteroatoms. The Labute approximate surface area is 168 Å². The van der Waals surface area contributed by atoms with Crippen molar-refractivity contribution in [2.45, 2.75) is 57.5 Å². The summed E-state index contributed by atoms with van der Waals surface area (Å²) in [6.45, 7) is 7.51. The van der Waals surface area contributed by atoms with Crippen molar-refractivity contribution in [2.24, 2.45) is 0 Å². The number of hydrogen-bond donors (Lipinski definition) is 0. The van der Waals surface area contributed by atoms with E-state index in [1.54, 1.807) is 14.0 Å². The summed E-state index contributed by atoms with van der Waals surface area (Å²) in [5.41, 5.74) is 2.33. The molecule has 0 aromatic heterocycles. The minimum atomic E-state index is -0.0521. The molecule has 3 heterocycles. The number of hydrogen-bond acceptors (Lipinski definition) is 4. The van der Waals surface area contributed by atoms with Gasteiger partial charge in [-0.2, -0.15) is 0 Å². The minimum absolute atomic E-state index is 0.0521. The summed E-state index contributed by atoms with van der Waals surface area (Å²) in [6.07, 6.45) is 8.05. The third-order valence-corrected chi connectivity index (χ3v) is 6.82. The molecule has 3 aliphatic rings. The third kappa shape index (κ3) is 3.52. The number of amides is 1. The summed E-state index contributed by atoms with van der Waals surface area (Å²) in [7, 11) is 1.69. The number of likely N-dealkylation sites (tertiary alicyclic amines) is 2. The van der Waals surface area contributed by atoms with E-state index >= 15 is 0 Å². The Hall–Kier alpha value is -2.01. The molecule has 2 saturated heterocycles. The van der Waals surface area contributed by atoms with E-state index in [0.717, 1.165) is 49.5 Å². The molecular formula is C23H32N2O3. The summed E-state index contributed by atoms with van der Waals surface area (Å²) in [4.78, 5) is 17.1. The molecule has 28 heavy (non-hydrogen) atoms. The zero-order valence-electron chi connectivity index (χ0n) is 17.4. The van der Waals surface area contributed by atoms with E-state index in [1.165, 1.54) is 24.8 Å². The van der Waals surface area contributed by atoms with Gasteiger partial charge in [0.2, 0.25) is 5.91 Å². The van der Waals surface area contributed by atoms with Gasteiger partial charge < -0.3 is 14.4 Å². The smallest absolute Gasteiger partial charge is 0.219 e. The molecule has 2 fully saturated rings. The Morgan fingerprint density at radius 3 is 2.93 bits per heavy atom. The summed E-state index contributed by atoms with van der Waals surface area (Å²) < 4.78 is 11.4. The minimum Gasteiger partial charge on any atom is -0.497 e. The fraction of sp³-hybridized carbons (Fsp3) is 0.609. The fourth-order valence-electron chi connectivity index (χ4n) is 5.32. The summed E-state index contributed by atoms with van der Waals surface area (Å²) in [5.74, 6) is 1.99. The standard InChI is InChI=1S/C23H32N2O3/c1-17(26)25-11-6-4-5-7-22-23(25,2)10-12-24(22)15-18-13-19-14-20(27-3)8-9-21(19)28-16-18/h8-9,13-14,22H,4-7,10-12,15-16H2,1-3H3/t22-,23-/m0/s1. The molecule has 1 amide bonds. The molecular weight excluding hydrogens is 352 g/mol. The number of fused-ring (bicyclic) bond motifs is 2. The van der Waals surface area contributed by atoms with Gasteiger partial charge in [0.25, 0.3) is 0 Å². The SMILES string of the molecule is COc1ccc2c(c1)C=C(CN1CC[C@@]3(C)[C@@H]1CCCCCN3C(C)=O)CO2. The molecule has 0 unspecified atom stereocenters. The Morgan fingerprint density at radius 2 is 2.14 bits per heavy atom. The van der Waals surface area contributed by atoms with E-state index < -0.39 is 0 Å². The lowest BCUT2D eigenvalue weighted by molar-refractivity contribution is -0.136. The molecule has 3 aliphatic heterocycles. The van der Waals surface area contributed by atoms with Gasteiger partial charge in [-0.15, -0.1) is 0 Å². The second-order valence-electron chi connectivity index (χ2n) is 8.61. The number of rotatable bonds is 3. The predicted molar refractivity (Wildman–Crippen MR) is 111 cm³/mol. The molecule has 5 nitrogen and oxygen atoms in total. The molecule has 0 N–H and O–H groups in total. The van der Waals surface area contributed by atoms with Gasteiger partial charge in [0.15, 0.2) is 0 Å². The van der Waals surface area contributed by atoms with Crippen LogP contribution in [0.15, 0.2) is 23.8 Å². The van der Waals surface area contributed by atoms with Crippen molar-refractivity contribution in [1.82, 2.24) is 9.80 Å². The van der Waals surface area contributed by atoms with Crippen molar-refractivity contribution in [2.75, 3.05) is 33.4 Å². The molecule has 1 aromatic rings. The molecule has 152 valence electrons. The van der Waals surface area contributed by atoms with E-state index in [4.69, 9.17) is 9.47 Å². The average molecular weight is 385 g/mol. The highest BCUT2D eigenvalue weighted by Gasteiger charge is 2.48. The van der Waals surface area contributed by atoms with Crippen molar-refractivity contribution >= 4 is 12.0 Å². The highest BCUT2D eigenvalue weighted by Crippen LogP contribution is 2.39. The molecule has 0 spiro atoms. The number of benzene rings is 1. The van der Waals surface area contributed by atoms with Crippen LogP contribution in [0.1, 0.15) is 51.5 Å². The van der Waals surface area contributed by atoms with Crippen LogP contribution >= 0.6 is 0 Å². The zero-order chi connectivity index (χ0) is 19.7. The molecule has 1 aromatic carbocycles. The first-order valence-electron chi connectivity index (χ1n) is 10.5. The van der Waals surface area contributed by atoms with Crippen molar-refractivity contribution in [3.8, 4) is 11.5 Å². The van der Waals surface area contributed by atoms with Gasteiger partial charge in [-0.1, -0.05) is 12.8 Å². The van der Waals surface area contributed by atoms with Crippen LogP contribution in [-0.4, -0.2) is 60.6 Å². The third-order valence-electron chi connectivity index (χ3n) is 6.82. The van der Waals surface area contributed by atoms with E-state index in [9.17, 15) is 4.79 Å². The van der Waals surface area contributed by atoms with Crippen LogP contribution in [0, 0.1) is 0 Å². The summed E-state index contributed by atoms with van der Waals surface area (Å²) in [6, 6.07) is 6.38.